The van der Waals surface area contributed by atoms with Crippen molar-refractivity contribution in [3.63, 3.8) is 0 Å². The number of benzene rings is 2. The van der Waals surface area contributed by atoms with Crippen molar-refractivity contribution in [2.75, 3.05) is 0 Å². The van der Waals surface area contributed by atoms with E-state index in [0.717, 1.165) is 10.4 Å². The first-order valence-electron chi connectivity index (χ1n) is 7.05. The van der Waals surface area contributed by atoms with Crippen LogP contribution in [0, 0.1) is 0 Å². The van der Waals surface area contributed by atoms with Gasteiger partial charge in [-0.15, -0.1) is 0 Å². The second-order valence-corrected chi connectivity index (χ2v) is 6.51. The van der Waals surface area contributed by atoms with Crippen LogP contribution in [0.3, 0.4) is 0 Å². The molecule has 0 radical (unpaired) electrons. The molecule has 2 aromatic rings. The lowest BCUT2D eigenvalue weighted by atomic mass is 9.99. The molecule has 0 saturated heterocycles. The summed E-state index contributed by atoms with van der Waals surface area (Å²) in [6.07, 6.45) is 6.41. The maximum atomic E-state index is 6.26. The van der Waals surface area contributed by atoms with Crippen molar-refractivity contribution in [2.45, 2.75) is 43.9 Å². The third-order valence-corrected chi connectivity index (χ3v) is 4.83. The molecule has 0 amide bonds. The number of unbranched alkanes of at least 4 members (excludes halogenated alkanes) is 3. The van der Waals surface area contributed by atoms with Gasteiger partial charge in [0.2, 0.25) is 0 Å². The second kappa shape index (κ2) is 7.31. The first-order chi connectivity index (χ1) is 9.24. The van der Waals surface area contributed by atoms with E-state index >= 15 is 0 Å². The maximum Gasteiger partial charge on any atom is 0.0484 e. The molecule has 0 aliphatic heterocycles. The predicted molar refractivity (Wildman–Crippen MR) is 89.4 cm³/mol. The quantitative estimate of drug-likeness (QED) is 0.396. The number of fused-ring (bicyclic) bond motifs is 1. The Labute approximate surface area is 129 Å². The average Bonchev–Trinajstić information content (AvgIpc) is 2.44. The van der Waals surface area contributed by atoms with Crippen LogP contribution in [-0.2, 0) is 0 Å². The SMILES string of the molecule is CCCCCCC(Br)c1ccc(Cl)c2ccccc12. The molecule has 1 unspecified atom stereocenters. The Morgan fingerprint density at radius 2 is 1.74 bits per heavy atom. The number of hydrogen-bond donors (Lipinski definition) is 0. The Balaban J connectivity index is 2.18. The molecule has 0 aliphatic rings. The highest BCUT2D eigenvalue weighted by atomic mass is 79.9. The zero-order chi connectivity index (χ0) is 13.7. The molecular formula is C17H20BrCl. The maximum absolute atomic E-state index is 6.26. The lowest BCUT2D eigenvalue weighted by Crippen LogP contribution is -1.92. The van der Waals surface area contributed by atoms with E-state index in [-0.39, 0.29) is 0 Å². The summed E-state index contributed by atoms with van der Waals surface area (Å²) in [6.45, 7) is 2.25. The predicted octanol–water partition coefficient (Wildman–Crippen LogP) is 6.90. The minimum Gasteiger partial charge on any atom is -0.0839 e. The molecule has 2 rings (SSSR count). The fourth-order valence-electron chi connectivity index (χ4n) is 2.46. The molecule has 0 spiro atoms. The molecule has 2 aromatic carbocycles. The van der Waals surface area contributed by atoms with Gasteiger partial charge >= 0.3 is 0 Å². The fourth-order valence-corrected chi connectivity index (χ4v) is 3.42. The largest absolute Gasteiger partial charge is 0.0839 e. The van der Waals surface area contributed by atoms with Gasteiger partial charge in [0.1, 0.15) is 0 Å². The van der Waals surface area contributed by atoms with E-state index in [1.807, 2.05) is 12.1 Å². The van der Waals surface area contributed by atoms with Crippen molar-refractivity contribution in [1.82, 2.24) is 0 Å². The lowest BCUT2D eigenvalue weighted by Gasteiger charge is -2.14. The van der Waals surface area contributed by atoms with Crippen molar-refractivity contribution in [3.8, 4) is 0 Å². The summed E-state index contributed by atoms with van der Waals surface area (Å²) in [4.78, 5) is 0.423. The van der Waals surface area contributed by atoms with Gasteiger partial charge in [-0.1, -0.05) is 90.5 Å². The smallest absolute Gasteiger partial charge is 0.0484 e. The van der Waals surface area contributed by atoms with E-state index in [4.69, 9.17) is 11.6 Å². The van der Waals surface area contributed by atoms with Crippen LogP contribution in [0.4, 0.5) is 0 Å². The Hall–Kier alpha value is -0.530. The van der Waals surface area contributed by atoms with Crippen LogP contribution in [0.25, 0.3) is 10.8 Å². The van der Waals surface area contributed by atoms with Gasteiger partial charge in [-0.2, -0.15) is 0 Å². The van der Waals surface area contributed by atoms with Crippen LogP contribution in [0.15, 0.2) is 36.4 Å². The minimum atomic E-state index is 0.423. The molecule has 0 heterocycles. The molecule has 0 N–H and O–H groups in total. The monoisotopic (exact) mass is 338 g/mol. The van der Waals surface area contributed by atoms with E-state index in [1.54, 1.807) is 0 Å². The molecule has 0 aliphatic carbocycles. The van der Waals surface area contributed by atoms with Crippen LogP contribution < -0.4 is 0 Å². The topological polar surface area (TPSA) is 0 Å². The summed E-state index contributed by atoms with van der Waals surface area (Å²) < 4.78 is 0. The Kier molecular flexibility index (Phi) is 5.72. The molecule has 0 nitrogen and oxygen atoms in total. The molecule has 19 heavy (non-hydrogen) atoms. The van der Waals surface area contributed by atoms with Gasteiger partial charge in [0.05, 0.1) is 0 Å². The van der Waals surface area contributed by atoms with Crippen molar-refractivity contribution in [1.29, 1.82) is 0 Å². The van der Waals surface area contributed by atoms with Crippen LogP contribution in [0.5, 0.6) is 0 Å². The zero-order valence-electron chi connectivity index (χ0n) is 11.3. The zero-order valence-corrected chi connectivity index (χ0v) is 13.7. The molecule has 2 heteroatoms. The average molecular weight is 340 g/mol. The van der Waals surface area contributed by atoms with Gasteiger partial charge in [0, 0.05) is 15.2 Å². The number of hydrogen-bond acceptors (Lipinski definition) is 0. The van der Waals surface area contributed by atoms with E-state index < -0.39 is 0 Å². The number of halogens is 2. The molecule has 0 saturated carbocycles. The van der Waals surface area contributed by atoms with Crippen LogP contribution in [0.1, 0.15) is 49.4 Å². The van der Waals surface area contributed by atoms with E-state index in [2.05, 4.69) is 47.1 Å². The van der Waals surface area contributed by atoms with Crippen LogP contribution in [0.2, 0.25) is 5.02 Å². The Morgan fingerprint density at radius 3 is 2.47 bits per heavy atom. The first-order valence-corrected chi connectivity index (χ1v) is 8.34. The highest BCUT2D eigenvalue weighted by molar-refractivity contribution is 9.09. The highest BCUT2D eigenvalue weighted by Gasteiger charge is 2.12. The number of rotatable bonds is 6. The van der Waals surface area contributed by atoms with Crippen LogP contribution >= 0.6 is 27.5 Å². The molecule has 0 fully saturated rings. The fraction of sp³-hybridized carbons (Fsp3) is 0.412. The van der Waals surface area contributed by atoms with E-state index in [1.165, 1.54) is 43.1 Å². The molecule has 0 bridgehead atoms. The van der Waals surface area contributed by atoms with E-state index in [0.29, 0.717) is 4.83 Å². The summed E-state index contributed by atoms with van der Waals surface area (Å²) in [5, 5.41) is 3.26. The summed E-state index contributed by atoms with van der Waals surface area (Å²) in [6, 6.07) is 12.6. The molecule has 102 valence electrons. The first kappa shape index (κ1) is 14.9. The summed E-state index contributed by atoms with van der Waals surface area (Å²) in [5.74, 6) is 0. The van der Waals surface area contributed by atoms with Crippen molar-refractivity contribution < 1.29 is 0 Å². The minimum absolute atomic E-state index is 0.423. The Bertz CT molecular complexity index is 536. The summed E-state index contributed by atoms with van der Waals surface area (Å²) in [5.41, 5.74) is 1.36. The second-order valence-electron chi connectivity index (χ2n) is 5.00. The molecular weight excluding hydrogens is 320 g/mol. The summed E-state index contributed by atoms with van der Waals surface area (Å²) >= 11 is 10.1. The number of alkyl halides is 1. The third kappa shape index (κ3) is 3.73. The van der Waals surface area contributed by atoms with Gasteiger partial charge in [-0.05, 0) is 23.4 Å². The van der Waals surface area contributed by atoms with Crippen molar-refractivity contribution in [3.05, 3.63) is 47.0 Å². The van der Waals surface area contributed by atoms with E-state index in [9.17, 15) is 0 Å². The van der Waals surface area contributed by atoms with Gasteiger partial charge in [-0.25, -0.2) is 0 Å². The van der Waals surface area contributed by atoms with Gasteiger partial charge in [-0.3, -0.25) is 0 Å². The van der Waals surface area contributed by atoms with Crippen molar-refractivity contribution in [2.24, 2.45) is 0 Å². The highest BCUT2D eigenvalue weighted by Crippen LogP contribution is 2.36. The standard InChI is InChI=1S/C17H20BrCl/c1-2-3-4-5-10-16(18)14-11-12-17(19)15-9-7-6-8-13(14)15/h6-9,11-12,16H,2-5,10H2,1H3. The summed E-state index contributed by atoms with van der Waals surface area (Å²) in [7, 11) is 0. The lowest BCUT2D eigenvalue weighted by molar-refractivity contribution is 0.631. The van der Waals surface area contributed by atoms with Gasteiger partial charge < -0.3 is 0 Å². The third-order valence-electron chi connectivity index (χ3n) is 3.55. The Morgan fingerprint density at radius 1 is 1.00 bits per heavy atom. The van der Waals surface area contributed by atoms with Gasteiger partial charge in [0.25, 0.3) is 0 Å². The van der Waals surface area contributed by atoms with Gasteiger partial charge in [0.15, 0.2) is 0 Å². The molecule has 0 aromatic heterocycles. The van der Waals surface area contributed by atoms with Crippen LogP contribution in [-0.4, -0.2) is 0 Å². The van der Waals surface area contributed by atoms with Crippen molar-refractivity contribution >= 4 is 38.3 Å². The normalized spacial score (nSPS) is 12.8. The molecule has 1 atom stereocenters.